The minimum atomic E-state index is -0.711. The van der Waals surface area contributed by atoms with Gasteiger partial charge in [-0.15, -0.1) is 11.8 Å². The fraction of sp³-hybridized carbons (Fsp3) is 0.783. The molecule has 0 aliphatic rings. The van der Waals surface area contributed by atoms with Crippen molar-refractivity contribution in [3.05, 3.63) is 0 Å². The third-order valence-electron chi connectivity index (χ3n) is 5.06. The van der Waals surface area contributed by atoms with E-state index in [4.69, 9.17) is 0 Å². The van der Waals surface area contributed by atoms with Crippen molar-refractivity contribution < 1.29 is 24.0 Å². The summed E-state index contributed by atoms with van der Waals surface area (Å²) in [6, 6.07) is -0.711. The summed E-state index contributed by atoms with van der Waals surface area (Å²) in [5.74, 6) is 0.519. The van der Waals surface area contributed by atoms with Gasteiger partial charge in [-0.25, -0.2) is 0 Å². The number of rotatable bonds is 19. The van der Waals surface area contributed by atoms with E-state index in [1.54, 1.807) is 39.5 Å². The molecule has 7 nitrogen and oxygen atoms in total. The van der Waals surface area contributed by atoms with Gasteiger partial charge in [-0.2, -0.15) is 12.6 Å². The normalized spacial score (nSPS) is 13.7. The fourth-order valence-corrected chi connectivity index (χ4v) is 3.90. The van der Waals surface area contributed by atoms with Crippen molar-refractivity contribution in [3.63, 3.8) is 0 Å². The van der Waals surface area contributed by atoms with E-state index in [2.05, 4.69) is 23.3 Å². The van der Waals surface area contributed by atoms with Crippen LogP contribution in [-0.2, 0) is 24.0 Å². The first-order chi connectivity index (χ1) is 15.1. The first kappa shape index (κ1) is 30.6. The molecule has 0 heterocycles. The second-order valence-corrected chi connectivity index (χ2v) is 9.93. The van der Waals surface area contributed by atoms with E-state index in [0.29, 0.717) is 30.9 Å². The molecule has 0 bridgehead atoms. The molecule has 0 aliphatic carbocycles. The lowest BCUT2D eigenvalue weighted by atomic mass is 9.98. The molecule has 3 atom stereocenters. The minimum absolute atomic E-state index is 0.0138. The number of amides is 2. The second kappa shape index (κ2) is 18.1. The van der Waals surface area contributed by atoms with Crippen molar-refractivity contribution in [1.82, 2.24) is 10.6 Å². The zero-order chi connectivity index (χ0) is 24.5. The number of hydrogen-bond donors (Lipinski definition) is 3. The molecule has 0 aliphatic heterocycles. The lowest BCUT2D eigenvalue weighted by molar-refractivity contribution is -0.133. The van der Waals surface area contributed by atoms with Crippen molar-refractivity contribution in [2.45, 2.75) is 85.1 Å². The standard InChI is InChI=1S/C23H40N2O5S2/c1-16(13-20(27)10-8-11-31)23(30)25-19(4)21(28)14-17(2)22(29)24-15-32-12-7-5-6-9-18(3)26/h16-17,19,31H,5-15H2,1-4H3,(H,24,29)(H,25,30)/t16-,17-,19-/m1/s1. The number of carbonyl (C=O) groups is 5. The van der Waals surface area contributed by atoms with E-state index < -0.39 is 17.9 Å². The molecule has 0 saturated carbocycles. The molecule has 9 heteroatoms. The Kier molecular flexibility index (Phi) is 17.4. The van der Waals surface area contributed by atoms with Crippen LogP contribution in [0.4, 0.5) is 0 Å². The summed E-state index contributed by atoms with van der Waals surface area (Å²) in [6.45, 7) is 6.56. The maximum Gasteiger partial charge on any atom is 0.223 e. The summed E-state index contributed by atoms with van der Waals surface area (Å²) < 4.78 is 0. The number of thiol groups is 1. The summed E-state index contributed by atoms with van der Waals surface area (Å²) in [7, 11) is 0. The smallest absolute Gasteiger partial charge is 0.223 e. The molecule has 0 aromatic rings. The van der Waals surface area contributed by atoms with Gasteiger partial charge < -0.3 is 15.4 Å². The highest BCUT2D eigenvalue weighted by Gasteiger charge is 2.24. The van der Waals surface area contributed by atoms with E-state index in [0.717, 1.165) is 25.0 Å². The molecule has 0 spiro atoms. The van der Waals surface area contributed by atoms with Crippen LogP contribution in [0.2, 0.25) is 0 Å². The molecule has 0 radical (unpaired) electrons. The molecule has 0 saturated heterocycles. The van der Waals surface area contributed by atoms with E-state index >= 15 is 0 Å². The van der Waals surface area contributed by atoms with Crippen LogP contribution in [0.25, 0.3) is 0 Å². The molecule has 184 valence electrons. The third kappa shape index (κ3) is 15.5. The Bertz CT molecular complexity index is 628. The number of hydrogen-bond acceptors (Lipinski definition) is 7. The van der Waals surface area contributed by atoms with Gasteiger partial charge in [0, 0.05) is 37.5 Å². The van der Waals surface area contributed by atoms with Gasteiger partial charge in [0.05, 0.1) is 11.9 Å². The van der Waals surface area contributed by atoms with Crippen molar-refractivity contribution in [3.8, 4) is 0 Å². The van der Waals surface area contributed by atoms with Crippen LogP contribution in [0.15, 0.2) is 0 Å². The zero-order valence-corrected chi connectivity index (χ0v) is 21.6. The van der Waals surface area contributed by atoms with Crippen LogP contribution >= 0.6 is 24.4 Å². The van der Waals surface area contributed by atoms with Gasteiger partial charge in [-0.1, -0.05) is 20.3 Å². The summed E-state index contributed by atoms with van der Waals surface area (Å²) >= 11 is 5.69. The Morgan fingerprint density at radius 1 is 0.844 bits per heavy atom. The highest BCUT2D eigenvalue weighted by Crippen LogP contribution is 2.11. The van der Waals surface area contributed by atoms with Gasteiger partial charge in [0.2, 0.25) is 11.8 Å². The molecule has 32 heavy (non-hydrogen) atoms. The first-order valence-corrected chi connectivity index (χ1v) is 13.2. The largest absolute Gasteiger partial charge is 0.347 e. The monoisotopic (exact) mass is 488 g/mol. The Morgan fingerprint density at radius 2 is 1.50 bits per heavy atom. The fourth-order valence-electron chi connectivity index (χ4n) is 2.94. The zero-order valence-electron chi connectivity index (χ0n) is 19.9. The van der Waals surface area contributed by atoms with Gasteiger partial charge in [-0.05, 0) is 44.6 Å². The van der Waals surface area contributed by atoms with Crippen molar-refractivity contribution in [1.29, 1.82) is 0 Å². The molecule has 0 unspecified atom stereocenters. The number of carbonyl (C=O) groups excluding carboxylic acids is 5. The molecule has 0 fully saturated rings. The first-order valence-electron chi connectivity index (χ1n) is 11.4. The van der Waals surface area contributed by atoms with Crippen molar-refractivity contribution in [2.24, 2.45) is 11.8 Å². The maximum atomic E-state index is 12.4. The quantitative estimate of drug-likeness (QED) is 0.146. The molecular formula is C23H40N2O5S2. The Hall–Kier alpha value is -1.35. The molecular weight excluding hydrogens is 448 g/mol. The summed E-state index contributed by atoms with van der Waals surface area (Å²) in [5.41, 5.74) is 0. The van der Waals surface area contributed by atoms with Gasteiger partial charge in [0.25, 0.3) is 0 Å². The predicted octanol–water partition coefficient (Wildman–Crippen LogP) is 3.35. The van der Waals surface area contributed by atoms with E-state index in [9.17, 15) is 24.0 Å². The lowest BCUT2D eigenvalue weighted by Gasteiger charge is -2.18. The molecule has 0 aromatic heterocycles. The SMILES string of the molecule is CC(=O)CCCCCSCNC(=O)[C@H](C)CC(=O)[C@@H](C)NC(=O)[C@H](C)CC(=O)CCCS. The van der Waals surface area contributed by atoms with Crippen LogP contribution in [0.5, 0.6) is 0 Å². The Balaban J connectivity index is 4.12. The maximum absolute atomic E-state index is 12.4. The number of nitrogens with one attached hydrogen (secondary N) is 2. The van der Waals surface area contributed by atoms with Crippen LogP contribution in [-0.4, -0.2) is 52.6 Å². The molecule has 0 aromatic carbocycles. The number of Topliss-reactive ketones (excluding diaryl/α,β-unsaturated/α-hetero) is 3. The highest BCUT2D eigenvalue weighted by molar-refractivity contribution is 7.99. The lowest BCUT2D eigenvalue weighted by Crippen LogP contribution is -2.43. The van der Waals surface area contributed by atoms with Crippen LogP contribution in [0.3, 0.4) is 0 Å². The van der Waals surface area contributed by atoms with Crippen LogP contribution < -0.4 is 10.6 Å². The average molecular weight is 489 g/mol. The Labute approximate surface area is 202 Å². The predicted molar refractivity (Wildman–Crippen MR) is 133 cm³/mol. The van der Waals surface area contributed by atoms with Crippen molar-refractivity contribution >= 4 is 53.6 Å². The second-order valence-electron chi connectivity index (χ2n) is 8.38. The molecule has 0 rings (SSSR count). The topological polar surface area (TPSA) is 109 Å². The van der Waals surface area contributed by atoms with Gasteiger partial charge in [0.15, 0.2) is 5.78 Å². The van der Waals surface area contributed by atoms with Gasteiger partial charge >= 0.3 is 0 Å². The van der Waals surface area contributed by atoms with E-state index in [1.807, 2.05) is 0 Å². The third-order valence-corrected chi connectivity index (χ3v) is 6.30. The van der Waals surface area contributed by atoms with Gasteiger partial charge in [-0.3, -0.25) is 19.2 Å². The summed E-state index contributed by atoms with van der Waals surface area (Å²) in [4.78, 5) is 59.6. The Morgan fingerprint density at radius 3 is 2.12 bits per heavy atom. The van der Waals surface area contributed by atoms with Crippen LogP contribution in [0.1, 0.15) is 79.1 Å². The van der Waals surface area contributed by atoms with Gasteiger partial charge in [0.1, 0.15) is 11.6 Å². The molecule has 2 amide bonds. The number of ketones is 3. The molecule has 2 N–H and O–H groups in total. The number of unbranched alkanes of at least 4 members (excludes halogenated alkanes) is 2. The number of thioether (sulfide) groups is 1. The van der Waals surface area contributed by atoms with E-state index in [1.165, 1.54) is 0 Å². The summed E-state index contributed by atoms with van der Waals surface area (Å²) in [6.07, 6.45) is 4.80. The van der Waals surface area contributed by atoms with Crippen LogP contribution in [0, 0.1) is 11.8 Å². The average Bonchev–Trinajstić information content (AvgIpc) is 2.73. The highest BCUT2D eigenvalue weighted by atomic mass is 32.2. The van der Waals surface area contributed by atoms with E-state index in [-0.39, 0.29) is 42.0 Å². The minimum Gasteiger partial charge on any atom is -0.347 e. The van der Waals surface area contributed by atoms with Crippen molar-refractivity contribution in [2.75, 3.05) is 17.4 Å². The summed E-state index contributed by atoms with van der Waals surface area (Å²) in [5, 5.41) is 5.48.